The second-order valence-electron chi connectivity index (χ2n) is 5.10. The van der Waals surface area contributed by atoms with Gasteiger partial charge in [-0.25, -0.2) is 0 Å². The molecule has 112 valence electrons. The molecular formula is C16H19NO4. The maximum Gasteiger partial charge on any atom is 0.251 e. The number of ether oxygens (including phenoxy) is 1. The molecule has 0 saturated carbocycles. The monoisotopic (exact) mass is 289 g/mol. The SMILES string of the molecule is COc1cccc(C(=O)NCC(C)(O)c2ccc(C)o2)c1. The summed E-state index contributed by atoms with van der Waals surface area (Å²) in [6.45, 7) is 3.45. The van der Waals surface area contributed by atoms with Crippen molar-refractivity contribution in [2.45, 2.75) is 19.4 Å². The van der Waals surface area contributed by atoms with Crippen LogP contribution in [0.15, 0.2) is 40.8 Å². The molecule has 0 fully saturated rings. The van der Waals surface area contributed by atoms with Crippen LogP contribution in [0, 0.1) is 6.92 Å². The minimum absolute atomic E-state index is 0.0516. The standard InChI is InChI=1S/C16H19NO4/c1-11-7-8-14(21-11)16(2,19)10-17-15(18)12-5-4-6-13(9-12)20-3/h4-9,19H,10H2,1-3H3,(H,17,18). The number of hydrogen-bond donors (Lipinski definition) is 2. The third kappa shape index (κ3) is 3.64. The van der Waals surface area contributed by atoms with Crippen molar-refractivity contribution in [3.8, 4) is 5.75 Å². The summed E-state index contributed by atoms with van der Waals surface area (Å²) >= 11 is 0. The highest BCUT2D eigenvalue weighted by atomic mass is 16.5. The van der Waals surface area contributed by atoms with Crippen molar-refractivity contribution in [1.29, 1.82) is 0 Å². The molecule has 0 aliphatic rings. The van der Waals surface area contributed by atoms with Crippen molar-refractivity contribution >= 4 is 5.91 Å². The van der Waals surface area contributed by atoms with Gasteiger partial charge < -0.3 is 19.6 Å². The van der Waals surface area contributed by atoms with Gasteiger partial charge in [0.05, 0.1) is 13.7 Å². The van der Waals surface area contributed by atoms with E-state index in [1.54, 1.807) is 57.4 Å². The van der Waals surface area contributed by atoms with Crippen molar-refractivity contribution in [3.05, 3.63) is 53.5 Å². The van der Waals surface area contributed by atoms with E-state index >= 15 is 0 Å². The molecule has 1 atom stereocenters. The summed E-state index contributed by atoms with van der Waals surface area (Å²) in [6.07, 6.45) is 0. The second-order valence-corrected chi connectivity index (χ2v) is 5.10. The molecule has 1 amide bonds. The quantitative estimate of drug-likeness (QED) is 0.885. The van der Waals surface area contributed by atoms with Gasteiger partial charge in [0.15, 0.2) is 0 Å². The van der Waals surface area contributed by atoms with Crippen molar-refractivity contribution < 1.29 is 19.1 Å². The highest BCUT2D eigenvalue weighted by Gasteiger charge is 2.27. The fourth-order valence-electron chi connectivity index (χ4n) is 1.93. The van der Waals surface area contributed by atoms with Crippen LogP contribution in [-0.4, -0.2) is 24.7 Å². The predicted octanol–water partition coefficient (Wildman–Crippen LogP) is 2.23. The van der Waals surface area contributed by atoms with Gasteiger partial charge in [0.2, 0.25) is 0 Å². The number of benzene rings is 1. The molecule has 0 aliphatic heterocycles. The first-order valence-corrected chi connectivity index (χ1v) is 6.64. The third-order valence-electron chi connectivity index (χ3n) is 3.20. The molecular weight excluding hydrogens is 270 g/mol. The molecule has 21 heavy (non-hydrogen) atoms. The summed E-state index contributed by atoms with van der Waals surface area (Å²) in [6, 6.07) is 10.3. The molecule has 1 heterocycles. The molecule has 0 spiro atoms. The van der Waals surface area contributed by atoms with Gasteiger partial charge in [0.25, 0.3) is 5.91 Å². The normalized spacial score (nSPS) is 13.5. The Labute approximate surface area is 123 Å². The Morgan fingerprint density at radius 2 is 2.14 bits per heavy atom. The number of carbonyl (C=O) groups excluding carboxylic acids is 1. The lowest BCUT2D eigenvalue weighted by atomic mass is 10.0. The fourth-order valence-corrected chi connectivity index (χ4v) is 1.93. The average molecular weight is 289 g/mol. The van der Waals surface area contributed by atoms with E-state index in [0.717, 1.165) is 0 Å². The van der Waals surface area contributed by atoms with Crippen LogP contribution in [0.3, 0.4) is 0 Å². The largest absolute Gasteiger partial charge is 0.497 e. The first kappa shape index (κ1) is 15.1. The van der Waals surface area contributed by atoms with Crippen molar-refractivity contribution in [3.63, 3.8) is 0 Å². The molecule has 2 aromatic rings. The van der Waals surface area contributed by atoms with Gasteiger partial charge >= 0.3 is 0 Å². The Morgan fingerprint density at radius 3 is 2.76 bits per heavy atom. The lowest BCUT2D eigenvalue weighted by molar-refractivity contribution is 0.0323. The second kappa shape index (κ2) is 6.01. The van der Waals surface area contributed by atoms with Gasteiger partial charge in [-0.2, -0.15) is 0 Å². The number of amides is 1. The van der Waals surface area contributed by atoms with Gasteiger partial charge in [-0.3, -0.25) is 4.79 Å². The Bertz CT molecular complexity index is 631. The van der Waals surface area contributed by atoms with Gasteiger partial charge in [-0.05, 0) is 44.2 Å². The molecule has 0 radical (unpaired) electrons. The summed E-state index contributed by atoms with van der Waals surface area (Å²) in [5.41, 5.74) is -0.788. The van der Waals surface area contributed by atoms with Crippen LogP contribution in [0.25, 0.3) is 0 Å². The van der Waals surface area contributed by atoms with Crippen molar-refractivity contribution in [2.75, 3.05) is 13.7 Å². The zero-order valence-corrected chi connectivity index (χ0v) is 12.3. The zero-order valence-electron chi connectivity index (χ0n) is 12.3. The summed E-state index contributed by atoms with van der Waals surface area (Å²) in [4.78, 5) is 12.1. The lowest BCUT2D eigenvalue weighted by Gasteiger charge is -2.21. The number of carbonyl (C=O) groups is 1. The van der Waals surface area contributed by atoms with Crippen LogP contribution < -0.4 is 10.1 Å². The van der Waals surface area contributed by atoms with Crippen molar-refractivity contribution in [1.82, 2.24) is 5.32 Å². The van der Waals surface area contributed by atoms with Crippen LogP contribution in [-0.2, 0) is 5.60 Å². The number of methoxy groups -OCH3 is 1. The highest BCUT2D eigenvalue weighted by molar-refractivity contribution is 5.94. The summed E-state index contributed by atoms with van der Waals surface area (Å²) in [5.74, 6) is 1.46. The minimum Gasteiger partial charge on any atom is -0.497 e. The van der Waals surface area contributed by atoms with E-state index in [9.17, 15) is 9.90 Å². The maximum atomic E-state index is 12.1. The molecule has 5 nitrogen and oxygen atoms in total. The van der Waals surface area contributed by atoms with Gasteiger partial charge in [-0.15, -0.1) is 0 Å². The molecule has 1 unspecified atom stereocenters. The van der Waals surface area contributed by atoms with E-state index in [0.29, 0.717) is 22.8 Å². The average Bonchev–Trinajstić information content (AvgIpc) is 2.92. The third-order valence-corrected chi connectivity index (χ3v) is 3.20. The smallest absolute Gasteiger partial charge is 0.251 e. The zero-order chi connectivity index (χ0) is 15.5. The molecule has 0 saturated heterocycles. The Hall–Kier alpha value is -2.27. The van der Waals surface area contributed by atoms with E-state index in [-0.39, 0.29) is 12.5 Å². The number of nitrogens with one attached hydrogen (secondary N) is 1. The number of aliphatic hydroxyl groups is 1. The molecule has 1 aromatic carbocycles. The fraction of sp³-hybridized carbons (Fsp3) is 0.312. The summed E-state index contributed by atoms with van der Waals surface area (Å²) < 4.78 is 10.5. The van der Waals surface area contributed by atoms with Crippen molar-refractivity contribution in [2.24, 2.45) is 0 Å². The van der Waals surface area contributed by atoms with E-state index in [1.165, 1.54) is 0 Å². The van der Waals surface area contributed by atoms with E-state index in [4.69, 9.17) is 9.15 Å². The van der Waals surface area contributed by atoms with E-state index in [1.807, 2.05) is 0 Å². The number of hydrogen-bond acceptors (Lipinski definition) is 4. The minimum atomic E-state index is -1.26. The van der Waals surface area contributed by atoms with E-state index < -0.39 is 5.60 Å². The molecule has 0 bridgehead atoms. The number of aryl methyl sites for hydroxylation is 1. The van der Waals surface area contributed by atoms with E-state index in [2.05, 4.69) is 5.32 Å². The molecule has 2 N–H and O–H groups in total. The summed E-state index contributed by atoms with van der Waals surface area (Å²) in [5, 5.41) is 13.1. The van der Waals surface area contributed by atoms with Gasteiger partial charge in [0.1, 0.15) is 22.9 Å². The molecule has 2 rings (SSSR count). The molecule has 0 aliphatic carbocycles. The van der Waals surface area contributed by atoms with Crippen LogP contribution >= 0.6 is 0 Å². The topological polar surface area (TPSA) is 71.7 Å². The van der Waals surface area contributed by atoms with Crippen LogP contribution in [0.4, 0.5) is 0 Å². The van der Waals surface area contributed by atoms with Gasteiger partial charge in [-0.1, -0.05) is 6.07 Å². The first-order valence-electron chi connectivity index (χ1n) is 6.64. The number of rotatable bonds is 5. The Balaban J connectivity index is 2.03. The Morgan fingerprint density at radius 1 is 1.38 bits per heavy atom. The molecule has 1 aromatic heterocycles. The van der Waals surface area contributed by atoms with Crippen LogP contribution in [0.1, 0.15) is 28.8 Å². The highest BCUT2D eigenvalue weighted by Crippen LogP contribution is 2.22. The summed E-state index contributed by atoms with van der Waals surface area (Å²) in [7, 11) is 1.54. The first-order chi connectivity index (χ1) is 9.92. The lowest BCUT2D eigenvalue weighted by Crippen LogP contribution is -2.38. The molecule has 5 heteroatoms. The maximum absolute atomic E-state index is 12.1. The van der Waals surface area contributed by atoms with Crippen LogP contribution in [0.5, 0.6) is 5.75 Å². The predicted molar refractivity (Wildman–Crippen MR) is 78.3 cm³/mol. The van der Waals surface area contributed by atoms with Crippen LogP contribution in [0.2, 0.25) is 0 Å². The Kier molecular flexibility index (Phi) is 4.33. The number of furan rings is 1. The van der Waals surface area contributed by atoms with Gasteiger partial charge in [0, 0.05) is 5.56 Å².